The lowest BCUT2D eigenvalue weighted by Crippen LogP contribution is -2.42. The highest BCUT2D eigenvalue weighted by atomic mass is 35.5. The Balaban J connectivity index is 1.74. The first kappa shape index (κ1) is 17.4. The first-order valence-corrected chi connectivity index (χ1v) is 9.60. The number of fused-ring (bicyclic) bond motifs is 1. The first-order chi connectivity index (χ1) is 11.5. The Labute approximate surface area is 152 Å². The number of likely N-dealkylation sites (tertiary alicyclic amines) is 1. The molecular formula is C15H16ClN3O3S2. The topological polar surface area (TPSA) is 72.4 Å². The number of nitrogens with zero attached hydrogens (tertiary/aromatic N) is 3. The van der Waals surface area contributed by atoms with E-state index in [0.29, 0.717) is 23.0 Å². The Morgan fingerprint density at radius 1 is 1.50 bits per heavy atom. The van der Waals surface area contributed by atoms with Crippen LogP contribution in [-0.2, 0) is 14.3 Å². The van der Waals surface area contributed by atoms with Crippen molar-refractivity contribution in [2.24, 2.45) is 0 Å². The van der Waals surface area contributed by atoms with Gasteiger partial charge in [-0.05, 0) is 19.8 Å². The second-order valence-corrected chi connectivity index (χ2v) is 7.93. The number of hydrogen-bond acceptors (Lipinski definition) is 7. The standard InChI is InChI=1S/C15H16ClN3O3S2/c1-8-12(16)11-13(17-7-18-14(11)24-8)23-6-10(20)19-5-3-4-9(19)15(21)22-2/h7,9H,3-6H2,1-2H3. The van der Waals surface area contributed by atoms with Gasteiger partial charge in [0.15, 0.2) is 0 Å². The Kier molecular flexibility index (Phi) is 5.27. The number of thiophene rings is 1. The van der Waals surface area contributed by atoms with Gasteiger partial charge in [0.2, 0.25) is 5.91 Å². The van der Waals surface area contributed by atoms with Crippen LogP contribution in [0.1, 0.15) is 17.7 Å². The summed E-state index contributed by atoms with van der Waals surface area (Å²) in [6.45, 7) is 2.51. The molecule has 0 bridgehead atoms. The predicted molar refractivity (Wildman–Crippen MR) is 94.6 cm³/mol. The van der Waals surface area contributed by atoms with Crippen LogP contribution in [0.25, 0.3) is 10.2 Å². The fourth-order valence-corrected chi connectivity index (χ4v) is 5.00. The van der Waals surface area contributed by atoms with Crippen molar-refractivity contribution in [3.8, 4) is 0 Å². The summed E-state index contributed by atoms with van der Waals surface area (Å²) in [7, 11) is 1.34. The van der Waals surface area contributed by atoms with E-state index in [1.165, 1.54) is 36.5 Å². The highest BCUT2D eigenvalue weighted by molar-refractivity contribution is 8.00. The molecule has 2 aromatic heterocycles. The Morgan fingerprint density at radius 2 is 2.29 bits per heavy atom. The van der Waals surface area contributed by atoms with Crippen molar-refractivity contribution in [2.75, 3.05) is 19.4 Å². The normalized spacial score (nSPS) is 17.5. The highest BCUT2D eigenvalue weighted by Crippen LogP contribution is 2.38. The number of halogens is 1. The number of aromatic nitrogens is 2. The van der Waals surface area contributed by atoms with Crippen molar-refractivity contribution >= 4 is 56.8 Å². The van der Waals surface area contributed by atoms with Crippen LogP contribution in [0.4, 0.5) is 0 Å². The molecule has 1 aliphatic heterocycles. The zero-order chi connectivity index (χ0) is 17.3. The number of aryl methyl sites for hydroxylation is 1. The largest absolute Gasteiger partial charge is 0.467 e. The van der Waals surface area contributed by atoms with Gasteiger partial charge in [0.25, 0.3) is 0 Å². The molecule has 0 aromatic carbocycles. The smallest absolute Gasteiger partial charge is 0.328 e. The monoisotopic (exact) mass is 385 g/mol. The average molecular weight is 386 g/mol. The summed E-state index contributed by atoms with van der Waals surface area (Å²) in [6, 6.07) is -0.472. The molecule has 1 unspecified atom stereocenters. The van der Waals surface area contributed by atoms with E-state index in [4.69, 9.17) is 16.3 Å². The summed E-state index contributed by atoms with van der Waals surface area (Å²) in [5.41, 5.74) is 0. The molecule has 24 heavy (non-hydrogen) atoms. The number of esters is 1. The van der Waals surface area contributed by atoms with E-state index in [2.05, 4.69) is 9.97 Å². The molecule has 0 N–H and O–H groups in total. The van der Waals surface area contributed by atoms with Gasteiger partial charge in [0.1, 0.15) is 22.2 Å². The number of amides is 1. The summed E-state index contributed by atoms with van der Waals surface area (Å²) in [5, 5.41) is 2.13. The molecule has 2 aromatic rings. The van der Waals surface area contributed by atoms with Gasteiger partial charge in [0, 0.05) is 11.4 Å². The van der Waals surface area contributed by atoms with Gasteiger partial charge in [-0.2, -0.15) is 0 Å². The van der Waals surface area contributed by atoms with E-state index in [-0.39, 0.29) is 17.6 Å². The van der Waals surface area contributed by atoms with Crippen LogP contribution in [0.5, 0.6) is 0 Å². The minimum Gasteiger partial charge on any atom is -0.467 e. The maximum absolute atomic E-state index is 12.5. The third kappa shape index (κ3) is 3.22. The van der Waals surface area contributed by atoms with Gasteiger partial charge < -0.3 is 9.64 Å². The number of carbonyl (C=O) groups excluding carboxylic acids is 2. The van der Waals surface area contributed by atoms with Crippen LogP contribution in [0.15, 0.2) is 11.4 Å². The van der Waals surface area contributed by atoms with E-state index in [0.717, 1.165) is 21.5 Å². The van der Waals surface area contributed by atoms with E-state index in [9.17, 15) is 9.59 Å². The van der Waals surface area contributed by atoms with Crippen LogP contribution >= 0.6 is 34.7 Å². The average Bonchev–Trinajstić information content (AvgIpc) is 3.18. The quantitative estimate of drug-likeness (QED) is 0.457. The summed E-state index contributed by atoms with van der Waals surface area (Å²) in [6.07, 6.45) is 2.94. The zero-order valence-electron chi connectivity index (χ0n) is 13.2. The second-order valence-electron chi connectivity index (χ2n) is 5.39. The molecular weight excluding hydrogens is 370 g/mol. The summed E-state index contributed by atoms with van der Waals surface area (Å²) >= 11 is 9.16. The van der Waals surface area contributed by atoms with Gasteiger partial charge in [-0.15, -0.1) is 11.3 Å². The van der Waals surface area contributed by atoms with Gasteiger partial charge in [-0.25, -0.2) is 14.8 Å². The number of ether oxygens (including phenoxy) is 1. The van der Waals surface area contributed by atoms with Crippen LogP contribution in [0.3, 0.4) is 0 Å². The van der Waals surface area contributed by atoms with Gasteiger partial charge in [-0.3, -0.25) is 4.79 Å². The summed E-state index contributed by atoms with van der Waals surface area (Å²) in [4.78, 5) is 36.1. The fourth-order valence-electron chi connectivity index (χ4n) is 2.75. The van der Waals surface area contributed by atoms with Crippen LogP contribution < -0.4 is 0 Å². The fraction of sp³-hybridized carbons (Fsp3) is 0.467. The van der Waals surface area contributed by atoms with Crippen molar-refractivity contribution in [1.82, 2.24) is 14.9 Å². The number of methoxy groups -OCH3 is 1. The van der Waals surface area contributed by atoms with Crippen molar-refractivity contribution in [2.45, 2.75) is 30.8 Å². The lowest BCUT2D eigenvalue weighted by Gasteiger charge is -2.22. The minimum atomic E-state index is -0.472. The van der Waals surface area contributed by atoms with Crippen LogP contribution in [0, 0.1) is 6.92 Å². The maximum atomic E-state index is 12.5. The minimum absolute atomic E-state index is 0.0947. The van der Waals surface area contributed by atoms with Gasteiger partial charge in [-0.1, -0.05) is 23.4 Å². The Bertz CT molecular complexity index is 796. The first-order valence-electron chi connectivity index (χ1n) is 7.42. The molecule has 1 aliphatic rings. The van der Waals surface area contributed by atoms with Crippen molar-refractivity contribution in [3.63, 3.8) is 0 Å². The Morgan fingerprint density at radius 3 is 3.04 bits per heavy atom. The summed E-state index contributed by atoms with van der Waals surface area (Å²) in [5.74, 6) is -0.250. The molecule has 9 heteroatoms. The van der Waals surface area contributed by atoms with Crippen molar-refractivity contribution < 1.29 is 14.3 Å². The SMILES string of the molecule is COC(=O)C1CCCN1C(=O)CSc1ncnc2sc(C)c(Cl)c12. The molecule has 3 heterocycles. The number of hydrogen-bond donors (Lipinski definition) is 0. The molecule has 6 nitrogen and oxygen atoms in total. The molecule has 1 fully saturated rings. The highest BCUT2D eigenvalue weighted by Gasteiger charge is 2.34. The number of rotatable bonds is 4. The van der Waals surface area contributed by atoms with Crippen molar-refractivity contribution in [3.05, 3.63) is 16.2 Å². The van der Waals surface area contributed by atoms with Crippen molar-refractivity contribution in [1.29, 1.82) is 0 Å². The third-order valence-corrected chi connectivity index (χ3v) is 6.51. The molecule has 0 saturated carbocycles. The van der Waals surface area contributed by atoms with E-state index in [1.54, 1.807) is 4.90 Å². The molecule has 3 rings (SSSR count). The molecule has 1 saturated heterocycles. The number of thioether (sulfide) groups is 1. The summed E-state index contributed by atoms with van der Waals surface area (Å²) < 4.78 is 4.78. The molecule has 1 atom stereocenters. The van der Waals surface area contributed by atoms with Gasteiger partial charge >= 0.3 is 5.97 Å². The Hall–Kier alpha value is -1.38. The lowest BCUT2D eigenvalue weighted by molar-refractivity contribution is -0.150. The maximum Gasteiger partial charge on any atom is 0.328 e. The number of carbonyl (C=O) groups is 2. The lowest BCUT2D eigenvalue weighted by atomic mass is 10.2. The third-order valence-electron chi connectivity index (χ3n) is 3.93. The molecule has 128 valence electrons. The molecule has 1 amide bonds. The molecule has 0 radical (unpaired) electrons. The van der Waals surface area contributed by atoms with E-state index in [1.807, 2.05) is 6.92 Å². The van der Waals surface area contributed by atoms with Gasteiger partial charge in [0.05, 0.1) is 23.3 Å². The molecule has 0 aliphatic carbocycles. The van der Waals surface area contributed by atoms with E-state index >= 15 is 0 Å². The zero-order valence-corrected chi connectivity index (χ0v) is 15.6. The molecule has 0 spiro atoms. The van der Waals surface area contributed by atoms with Crippen LogP contribution in [0.2, 0.25) is 5.02 Å². The van der Waals surface area contributed by atoms with Crippen LogP contribution in [-0.4, -0.2) is 52.2 Å². The van der Waals surface area contributed by atoms with E-state index < -0.39 is 6.04 Å². The predicted octanol–water partition coefficient (Wildman–Crippen LogP) is 2.91. The second kappa shape index (κ2) is 7.25.